The topological polar surface area (TPSA) is 130 Å². The summed E-state index contributed by atoms with van der Waals surface area (Å²) in [6.45, 7) is 5.83. The molecule has 2 aliphatic rings. The molecular formula is C19H24N6O3. The lowest BCUT2D eigenvalue weighted by molar-refractivity contribution is -0.605. The first-order chi connectivity index (χ1) is 13.1. The lowest BCUT2D eigenvalue weighted by atomic mass is 9.84. The summed E-state index contributed by atoms with van der Waals surface area (Å²) >= 11 is 0. The van der Waals surface area contributed by atoms with Gasteiger partial charge in [0.25, 0.3) is 5.91 Å². The molecule has 2 amide bonds. The number of rotatable bonds is 5. The summed E-state index contributed by atoms with van der Waals surface area (Å²) in [5.74, 6) is 0.479. The molecule has 0 bridgehead atoms. The first-order valence-electron chi connectivity index (χ1n) is 9.41. The van der Waals surface area contributed by atoms with E-state index in [4.69, 9.17) is 5.73 Å². The van der Waals surface area contributed by atoms with Gasteiger partial charge in [0.1, 0.15) is 0 Å². The maximum atomic E-state index is 13.0. The third-order valence-electron chi connectivity index (χ3n) is 5.61. The fraction of sp³-hybridized carbons (Fsp3) is 0.526. The highest BCUT2D eigenvalue weighted by Crippen LogP contribution is 2.57. The van der Waals surface area contributed by atoms with E-state index in [9.17, 15) is 14.8 Å². The van der Waals surface area contributed by atoms with Crippen LogP contribution in [0.15, 0.2) is 18.6 Å². The number of hydrogen-bond acceptors (Lipinski definition) is 5. The highest BCUT2D eigenvalue weighted by atomic mass is 16.5. The van der Waals surface area contributed by atoms with Gasteiger partial charge in [-0.05, 0) is 24.2 Å². The average Bonchev–Trinajstić information content (AvgIpc) is 3.09. The third kappa shape index (κ3) is 3.21. The molecule has 2 aromatic heterocycles. The number of nitrogens with zero attached hydrogens (tertiary/aromatic N) is 4. The standard InChI is InChI=1S/C19H24N6O3/c1-19(2,3)13(8-14(20)26)22-18(27)16-12-7-10-6-11(10)17(12)25(23-16)15-9-24(28)5-4-21-15/h4-5,9-11,13H,6-8H2,1-3H3,(H2,20,26)(H,22,27)/t10-,11-,13-/m0/s1. The molecule has 9 nitrogen and oxygen atoms in total. The molecule has 2 aromatic rings. The number of aromatic nitrogens is 4. The van der Waals surface area contributed by atoms with Crippen LogP contribution in [0.5, 0.6) is 0 Å². The van der Waals surface area contributed by atoms with Crippen molar-refractivity contribution in [2.75, 3.05) is 0 Å². The molecule has 4 rings (SSSR count). The Kier molecular flexibility index (Phi) is 4.13. The summed E-state index contributed by atoms with van der Waals surface area (Å²) in [5, 5.41) is 19.1. The van der Waals surface area contributed by atoms with E-state index < -0.39 is 11.9 Å². The number of fused-ring (bicyclic) bond motifs is 3. The molecule has 3 N–H and O–H groups in total. The maximum absolute atomic E-state index is 13.0. The third-order valence-corrected chi connectivity index (χ3v) is 5.61. The second kappa shape index (κ2) is 6.29. The Morgan fingerprint density at radius 2 is 2.21 bits per heavy atom. The predicted octanol–water partition coefficient (Wildman–Crippen LogP) is 0.580. The van der Waals surface area contributed by atoms with Crippen molar-refractivity contribution in [2.45, 2.75) is 52.0 Å². The van der Waals surface area contributed by atoms with E-state index in [1.54, 1.807) is 4.68 Å². The van der Waals surface area contributed by atoms with Gasteiger partial charge in [0.2, 0.25) is 17.9 Å². The molecule has 9 heteroatoms. The molecule has 0 saturated heterocycles. The largest absolute Gasteiger partial charge is 0.619 e. The number of amides is 2. The molecule has 1 saturated carbocycles. The van der Waals surface area contributed by atoms with E-state index in [1.165, 1.54) is 18.6 Å². The van der Waals surface area contributed by atoms with Gasteiger partial charge in [0.05, 0.1) is 11.9 Å². The van der Waals surface area contributed by atoms with Crippen LogP contribution < -0.4 is 15.8 Å². The Morgan fingerprint density at radius 3 is 2.86 bits per heavy atom. The van der Waals surface area contributed by atoms with Crippen molar-refractivity contribution >= 4 is 11.8 Å². The van der Waals surface area contributed by atoms with Crippen LogP contribution >= 0.6 is 0 Å². The highest BCUT2D eigenvalue weighted by molar-refractivity contribution is 5.95. The van der Waals surface area contributed by atoms with Crippen LogP contribution in [0.4, 0.5) is 0 Å². The van der Waals surface area contributed by atoms with E-state index in [0.29, 0.717) is 28.1 Å². The Morgan fingerprint density at radius 1 is 1.46 bits per heavy atom. The van der Waals surface area contributed by atoms with Crippen molar-refractivity contribution in [3.05, 3.63) is 40.7 Å². The highest BCUT2D eigenvalue weighted by Gasteiger charge is 2.50. The average molecular weight is 384 g/mol. The summed E-state index contributed by atoms with van der Waals surface area (Å²) in [5.41, 5.74) is 7.24. The van der Waals surface area contributed by atoms with Crippen LogP contribution in [0.3, 0.4) is 0 Å². The quantitative estimate of drug-likeness (QED) is 0.575. The van der Waals surface area contributed by atoms with Gasteiger partial charge in [-0.2, -0.15) is 9.83 Å². The Bertz CT molecular complexity index is 961. The molecule has 3 atom stereocenters. The fourth-order valence-corrected chi connectivity index (χ4v) is 3.95. The molecule has 1 fully saturated rings. The van der Waals surface area contributed by atoms with Crippen molar-refractivity contribution < 1.29 is 14.3 Å². The van der Waals surface area contributed by atoms with Gasteiger partial charge in [0, 0.05) is 23.9 Å². The van der Waals surface area contributed by atoms with Gasteiger partial charge < -0.3 is 16.3 Å². The van der Waals surface area contributed by atoms with Crippen LogP contribution in [0.2, 0.25) is 0 Å². The molecule has 0 radical (unpaired) electrons. The zero-order valence-corrected chi connectivity index (χ0v) is 16.2. The zero-order valence-electron chi connectivity index (χ0n) is 16.2. The normalized spacial score (nSPS) is 21.0. The maximum Gasteiger partial charge on any atom is 0.272 e. The zero-order chi connectivity index (χ0) is 20.2. The molecule has 28 heavy (non-hydrogen) atoms. The van der Waals surface area contributed by atoms with Crippen molar-refractivity contribution in [3.63, 3.8) is 0 Å². The van der Waals surface area contributed by atoms with E-state index in [2.05, 4.69) is 15.4 Å². The number of carbonyl (C=O) groups excluding carboxylic acids is 2. The monoisotopic (exact) mass is 384 g/mol. The summed E-state index contributed by atoms with van der Waals surface area (Å²) < 4.78 is 2.29. The van der Waals surface area contributed by atoms with Gasteiger partial charge in [-0.1, -0.05) is 20.8 Å². The van der Waals surface area contributed by atoms with Crippen LogP contribution in [0.25, 0.3) is 5.82 Å². The van der Waals surface area contributed by atoms with Crippen LogP contribution in [-0.2, 0) is 11.2 Å². The lowest BCUT2D eigenvalue weighted by Gasteiger charge is -2.30. The van der Waals surface area contributed by atoms with Gasteiger partial charge in [0.15, 0.2) is 11.9 Å². The second-order valence-corrected chi connectivity index (χ2v) is 8.77. The van der Waals surface area contributed by atoms with Crippen LogP contribution in [0, 0.1) is 16.5 Å². The van der Waals surface area contributed by atoms with E-state index in [-0.39, 0.29) is 17.7 Å². The molecule has 0 unspecified atom stereocenters. The molecule has 0 spiro atoms. The molecular weight excluding hydrogens is 360 g/mol. The van der Waals surface area contributed by atoms with Gasteiger partial charge in [-0.3, -0.25) is 9.59 Å². The smallest absolute Gasteiger partial charge is 0.272 e. The van der Waals surface area contributed by atoms with Crippen LogP contribution in [0.1, 0.15) is 61.3 Å². The molecule has 2 aliphatic carbocycles. The summed E-state index contributed by atoms with van der Waals surface area (Å²) in [7, 11) is 0. The molecule has 148 valence electrons. The molecule has 2 heterocycles. The second-order valence-electron chi connectivity index (χ2n) is 8.77. The first-order valence-corrected chi connectivity index (χ1v) is 9.41. The first kappa shape index (κ1) is 18.4. The van der Waals surface area contributed by atoms with Gasteiger partial charge in [-0.25, -0.2) is 9.67 Å². The van der Waals surface area contributed by atoms with Crippen molar-refractivity contribution in [3.8, 4) is 5.82 Å². The number of hydrogen-bond donors (Lipinski definition) is 2. The van der Waals surface area contributed by atoms with Crippen LogP contribution in [-0.4, -0.2) is 32.6 Å². The molecule has 0 aromatic carbocycles. The predicted molar refractivity (Wildman–Crippen MR) is 99.4 cm³/mol. The number of primary amides is 1. The lowest BCUT2D eigenvalue weighted by Crippen LogP contribution is -2.46. The van der Waals surface area contributed by atoms with Crippen molar-refractivity contribution in [2.24, 2.45) is 17.1 Å². The summed E-state index contributed by atoms with van der Waals surface area (Å²) in [4.78, 5) is 28.7. The number of nitrogens with two attached hydrogens (primary N) is 1. The Labute approximate surface area is 162 Å². The number of nitrogens with one attached hydrogen (secondary N) is 1. The SMILES string of the molecule is CC(C)(C)[C@H](CC(N)=O)NC(=O)c1nn(-c2c[n+]([O-])ccn2)c2c1C[C@@H]1C[C@H]21. The number of carbonyl (C=O) groups is 2. The van der Waals surface area contributed by atoms with Gasteiger partial charge in [-0.15, -0.1) is 0 Å². The van der Waals surface area contributed by atoms with E-state index >= 15 is 0 Å². The van der Waals surface area contributed by atoms with E-state index in [1.807, 2.05) is 20.8 Å². The summed E-state index contributed by atoms with van der Waals surface area (Å²) in [6, 6.07) is -0.409. The minimum atomic E-state index is -0.467. The minimum absolute atomic E-state index is 0.0554. The Balaban J connectivity index is 1.69. The summed E-state index contributed by atoms with van der Waals surface area (Å²) in [6.07, 6.45) is 5.98. The van der Waals surface area contributed by atoms with E-state index in [0.717, 1.165) is 24.1 Å². The molecule has 0 aliphatic heterocycles. The fourth-order valence-electron chi connectivity index (χ4n) is 3.95. The minimum Gasteiger partial charge on any atom is -0.619 e. The van der Waals surface area contributed by atoms with Crippen molar-refractivity contribution in [1.82, 2.24) is 20.1 Å². The Hall–Kier alpha value is -2.97. The van der Waals surface area contributed by atoms with Gasteiger partial charge >= 0.3 is 0 Å². The van der Waals surface area contributed by atoms with Crippen molar-refractivity contribution in [1.29, 1.82) is 0 Å².